The van der Waals surface area contributed by atoms with Gasteiger partial charge in [0.15, 0.2) is 0 Å². The number of benzene rings is 3. The predicted octanol–water partition coefficient (Wildman–Crippen LogP) is 5.76. The van der Waals surface area contributed by atoms with Gasteiger partial charge in [0.05, 0.1) is 0 Å². The fourth-order valence-corrected chi connectivity index (χ4v) is 4.96. The average molecular weight is 383 g/mol. The van der Waals surface area contributed by atoms with Crippen LogP contribution >= 0.6 is 0 Å². The van der Waals surface area contributed by atoms with E-state index in [9.17, 15) is 0 Å². The van der Waals surface area contributed by atoms with Gasteiger partial charge in [-0.25, -0.2) is 0 Å². The highest BCUT2D eigenvalue weighted by Crippen LogP contribution is 2.36. The maximum absolute atomic E-state index is 2.63. The van der Waals surface area contributed by atoms with Crippen LogP contribution < -0.4 is 4.90 Å². The maximum atomic E-state index is 2.63. The molecular formula is C27H30N2. The molecule has 3 aromatic rings. The third-order valence-corrected chi connectivity index (χ3v) is 6.54. The second-order valence-corrected chi connectivity index (χ2v) is 8.41. The molecule has 2 aliphatic rings. The van der Waals surface area contributed by atoms with Crippen LogP contribution in [0.4, 0.5) is 11.4 Å². The molecule has 3 aromatic carbocycles. The predicted molar refractivity (Wildman–Crippen MR) is 122 cm³/mol. The minimum atomic E-state index is 1.10. The number of nitrogens with zero attached hydrogens (tertiary/aromatic N) is 2. The Bertz CT molecular complexity index is 930. The summed E-state index contributed by atoms with van der Waals surface area (Å²) in [6.45, 7) is 4.61. The molecule has 0 saturated heterocycles. The molecule has 2 heteroatoms. The number of hydrogen-bond acceptors (Lipinski definition) is 2. The highest BCUT2D eigenvalue weighted by Gasteiger charge is 2.20. The molecule has 0 fully saturated rings. The van der Waals surface area contributed by atoms with Crippen LogP contribution in [0.1, 0.15) is 35.1 Å². The highest BCUT2D eigenvalue weighted by atomic mass is 15.1. The van der Waals surface area contributed by atoms with Crippen molar-refractivity contribution in [1.82, 2.24) is 4.90 Å². The Morgan fingerprint density at radius 3 is 1.79 bits per heavy atom. The highest BCUT2D eigenvalue weighted by molar-refractivity contribution is 5.71. The van der Waals surface area contributed by atoms with E-state index in [4.69, 9.17) is 0 Å². The largest absolute Gasteiger partial charge is 0.341 e. The van der Waals surface area contributed by atoms with E-state index >= 15 is 0 Å². The summed E-state index contributed by atoms with van der Waals surface area (Å²) in [5.74, 6) is 0. The number of unbranched alkanes of at least 4 members (excludes halogenated alkanes) is 1. The first-order valence-electron chi connectivity index (χ1n) is 11.1. The molecule has 0 amide bonds. The zero-order valence-corrected chi connectivity index (χ0v) is 17.2. The van der Waals surface area contributed by atoms with E-state index in [1.54, 1.807) is 5.56 Å². The van der Waals surface area contributed by atoms with Crippen LogP contribution in [-0.4, -0.2) is 24.5 Å². The van der Waals surface area contributed by atoms with Crippen LogP contribution in [0.2, 0.25) is 0 Å². The number of hydrogen-bond donors (Lipinski definition) is 0. The molecule has 2 nitrogen and oxygen atoms in total. The summed E-state index contributed by atoms with van der Waals surface area (Å²) in [4.78, 5) is 5.20. The lowest BCUT2D eigenvalue weighted by atomic mass is 10.00. The van der Waals surface area contributed by atoms with Gasteiger partial charge >= 0.3 is 0 Å². The van der Waals surface area contributed by atoms with Gasteiger partial charge in [-0.05, 0) is 73.0 Å². The first-order chi connectivity index (χ1) is 14.4. The van der Waals surface area contributed by atoms with Crippen molar-refractivity contribution >= 4 is 11.4 Å². The van der Waals surface area contributed by atoms with Gasteiger partial charge in [0.25, 0.3) is 0 Å². The average Bonchev–Trinajstić information content (AvgIpc) is 2.94. The minimum Gasteiger partial charge on any atom is -0.341 e. The Kier molecular flexibility index (Phi) is 5.36. The molecule has 148 valence electrons. The molecular weight excluding hydrogens is 352 g/mol. The van der Waals surface area contributed by atoms with Gasteiger partial charge in [-0.1, -0.05) is 60.7 Å². The van der Waals surface area contributed by atoms with Crippen molar-refractivity contribution < 1.29 is 0 Å². The standard InChI is InChI=1S/C27H30N2/c1-2-12-25-21-28(20-17-22(25)9-1)18-7-8-19-29-26-13-5-3-10-23(26)15-16-24-11-4-6-14-27(24)29/h1-6,9-14H,7-8,15-21H2. The van der Waals surface area contributed by atoms with Crippen LogP contribution in [0.15, 0.2) is 72.8 Å². The van der Waals surface area contributed by atoms with Crippen molar-refractivity contribution in [3.05, 3.63) is 95.1 Å². The molecule has 0 unspecified atom stereocenters. The van der Waals surface area contributed by atoms with Crippen LogP contribution in [0, 0.1) is 0 Å². The van der Waals surface area contributed by atoms with E-state index < -0.39 is 0 Å². The van der Waals surface area contributed by atoms with Gasteiger partial charge in [-0.3, -0.25) is 4.90 Å². The van der Waals surface area contributed by atoms with Crippen molar-refractivity contribution in [3.63, 3.8) is 0 Å². The van der Waals surface area contributed by atoms with Crippen LogP contribution in [0.25, 0.3) is 0 Å². The van der Waals surface area contributed by atoms with E-state index in [-0.39, 0.29) is 0 Å². The van der Waals surface area contributed by atoms with Crippen molar-refractivity contribution in [1.29, 1.82) is 0 Å². The van der Waals surface area contributed by atoms with E-state index in [0.717, 1.165) is 25.9 Å². The zero-order valence-electron chi connectivity index (χ0n) is 17.2. The molecule has 2 heterocycles. The Hall–Kier alpha value is -2.58. The first kappa shape index (κ1) is 18.4. The summed E-state index contributed by atoms with van der Waals surface area (Å²) < 4.78 is 0. The monoisotopic (exact) mass is 382 g/mol. The lowest BCUT2D eigenvalue weighted by Crippen LogP contribution is -2.31. The lowest BCUT2D eigenvalue weighted by molar-refractivity contribution is 0.249. The number of fused-ring (bicyclic) bond motifs is 3. The summed E-state index contributed by atoms with van der Waals surface area (Å²) in [5, 5.41) is 0. The molecule has 0 spiro atoms. The molecule has 5 rings (SSSR count). The fraction of sp³-hybridized carbons (Fsp3) is 0.333. The molecule has 0 aliphatic carbocycles. The Morgan fingerprint density at radius 1 is 0.552 bits per heavy atom. The summed E-state index contributed by atoms with van der Waals surface area (Å²) in [6, 6.07) is 26.9. The Labute approximate surface area is 174 Å². The first-order valence-corrected chi connectivity index (χ1v) is 11.1. The maximum Gasteiger partial charge on any atom is 0.0443 e. The summed E-state index contributed by atoms with van der Waals surface area (Å²) in [7, 11) is 0. The topological polar surface area (TPSA) is 6.48 Å². The molecule has 2 aliphatic heterocycles. The SMILES string of the molecule is c1ccc2c(c1)CCN(CCCCN1c3ccccc3CCc3ccccc31)C2. The number of rotatable bonds is 5. The van der Waals surface area contributed by atoms with Gasteiger partial charge in [0.2, 0.25) is 0 Å². The Morgan fingerprint density at radius 2 is 1.10 bits per heavy atom. The van der Waals surface area contributed by atoms with Gasteiger partial charge in [-0.15, -0.1) is 0 Å². The zero-order chi connectivity index (χ0) is 19.5. The molecule has 0 bridgehead atoms. The van der Waals surface area contributed by atoms with Gasteiger partial charge in [0.1, 0.15) is 0 Å². The summed E-state index contributed by atoms with van der Waals surface area (Å²) in [5.41, 5.74) is 8.84. The molecule has 0 radical (unpaired) electrons. The van der Waals surface area contributed by atoms with Gasteiger partial charge < -0.3 is 4.90 Å². The van der Waals surface area contributed by atoms with Crippen molar-refractivity contribution in [3.8, 4) is 0 Å². The van der Waals surface area contributed by atoms with Gasteiger partial charge in [-0.2, -0.15) is 0 Å². The molecule has 0 atom stereocenters. The van der Waals surface area contributed by atoms with Crippen LogP contribution in [-0.2, 0) is 25.8 Å². The van der Waals surface area contributed by atoms with Crippen molar-refractivity contribution in [2.75, 3.05) is 24.5 Å². The van der Waals surface area contributed by atoms with Crippen LogP contribution in [0.3, 0.4) is 0 Å². The van der Waals surface area contributed by atoms with E-state index in [1.165, 1.54) is 60.4 Å². The molecule has 0 aromatic heterocycles. The second-order valence-electron chi connectivity index (χ2n) is 8.41. The molecule has 29 heavy (non-hydrogen) atoms. The van der Waals surface area contributed by atoms with Crippen molar-refractivity contribution in [2.24, 2.45) is 0 Å². The fourth-order valence-electron chi connectivity index (χ4n) is 4.96. The third-order valence-electron chi connectivity index (χ3n) is 6.54. The van der Waals surface area contributed by atoms with E-state index in [2.05, 4.69) is 82.6 Å². The summed E-state index contributed by atoms with van der Waals surface area (Å²) >= 11 is 0. The van der Waals surface area contributed by atoms with Crippen LogP contribution in [0.5, 0.6) is 0 Å². The minimum absolute atomic E-state index is 1.10. The normalized spacial score (nSPS) is 15.9. The van der Waals surface area contributed by atoms with E-state index in [0.29, 0.717) is 0 Å². The smallest absolute Gasteiger partial charge is 0.0443 e. The number of para-hydroxylation sites is 2. The summed E-state index contributed by atoms with van der Waals surface area (Å²) in [6.07, 6.45) is 5.95. The lowest BCUT2D eigenvalue weighted by Gasteiger charge is -2.30. The molecule has 0 saturated carbocycles. The van der Waals surface area contributed by atoms with Gasteiger partial charge in [0, 0.05) is 31.0 Å². The third kappa shape index (κ3) is 3.95. The number of anilines is 2. The Balaban J connectivity index is 1.24. The quantitative estimate of drug-likeness (QED) is 0.518. The number of aryl methyl sites for hydroxylation is 2. The van der Waals surface area contributed by atoms with Crippen molar-refractivity contribution in [2.45, 2.75) is 38.6 Å². The second kappa shape index (κ2) is 8.42. The molecule has 0 N–H and O–H groups in total. The van der Waals surface area contributed by atoms with E-state index in [1.807, 2.05) is 0 Å².